The molecule has 1 amide bonds. The third kappa shape index (κ3) is 5.13. The standard InChI is InChI=1S/C20H15ClN6O2S/c21-14-3-1-4-16(11-14)27-13-24-26-20(27)30-12-18(28)25-15-5-7-17(8-6-15)29-19-22-9-2-10-23-19/h1-11,13H,12H2,(H,25,28). The first-order valence-electron chi connectivity index (χ1n) is 8.81. The summed E-state index contributed by atoms with van der Waals surface area (Å²) in [5, 5.41) is 12.1. The van der Waals surface area contributed by atoms with Crippen LogP contribution in [0.2, 0.25) is 5.02 Å². The van der Waals surface area contributed by atoms with Crippen molar-refractivity contribution in [2.75, 3.05) is 11.1 Å². The maximum atomic E-state index is 12.3. The lowest BCUT2D eigenvalue weighted by molar-refractivity contribution is -0.113. The SMILES string of the molecule is O=C(CSc1nncn1-c1cccc(Cl)c1)Nc1ccc(Oc2ncccn2)cc1. The first-order chi connectivity index (χ1) is 14.7. The highest BCUT2D eigenvalue weighted by atomic mass is 35.5. The molecule has 0 aliphatic heterocycles. The smallest absolute Gasteiger partial charge is 0.321 e. The number of hydrogen-bond donors (Lipinski definition) is 1. The van der Waals surface area contributed by atoms with Crippen LogP contribution in [-0.4, -0.2) is 36.4 Å². The van der Waals surface area contributed by atoms with E-state index in [-0.39, 0.29) is 17.7 Å². The molecule has 0 fully saturated rings. The van der Waals surface area contributed by atoms with Crippen molar-refractivity contribution in [1.82, 2.24) is 24.7 Å². The van der Waals surface area contributed by atoms with E-state index in [1.807, 2.05) is 12.1 Å². The Hall–Kier alpha value is -3.43. The maximum Gasteiger partial charge on any atom is 0.321 e. The highest BCUT2D eigenvalue weighted by molar-refractivity contribution is 7.99. The van der Waals surface area contributed by atoms with Crippen molar-refractivity contribution in [3.63, 3.8) is 0 Å². The van der Waals surface area contributed by atoms with Crippen molar-refractivity contribution in [2.24, 2.45) is 0 Å². The highest BCUT2D eigenvalue weighted by Gasteiger charge is 2.11. The number of thioether (sulfide) groups is 1. The molecule has 2 heterocycles. The molecule has 0 unspecified atom stereocenters. The minimum atomic E-state index is -0.166. The minimum absolute atomic E-state index is 0.166. The van der Waals surface area contributed by atoms with Crippen molar-refractivity contribution < 1.29 is 9.53 Å². The van der Waals surface area contributed by atoms with Crippen LogP contribution in [0.1, 0.15) is 0 Å². The van der Waals surface area contributed by atoms with Crippen LogP contribution in [0.25, 0.3) is 5.69 Å². The molecule has 8 nitrogen and oxygen atoms in total. The van der Waals surface area contributed by atoms with Crippen LogP contribution in [0, 0.1) is 0 Å². The Labute approximate surface area is 181 Å². The van der Waals surface area contributed by atoms with Gasteiger partial charge in [-0.2, -0.15) is 0 Å². The van der Waals surface area contributed by atoms with Crippen LogP contribution in [0.3, 0.4) is 0 Å². The molecule has 30 heavy (non-hydrogen) atoms. The van der Waals surface area contributed by atoms with Crippen molar-refractivity contribution in [2.45, 2.75) is 5.16 Å². The summed E-state index contributed by atoms with van der Waals surface area (Å²) in [6, 6.07) is 16.3. The molecule has 0 aliphatic rings. The zero-order chi connectivity index (χ0) is 20.8. The van der Waals surface area contributed by atoms with E-state index in [2.05, 4.69) is 25.5 Å². The molecule has 0 atom stereocenters. The maximum absolute atomic E-state index is 12.3. The summed E-state index contributed by atoms with van der Waals surface area (Å²) in [5.41, 5.74) is 1.48. The molecule has 0 saturated carbocycles. The van der Waals surface area contributed by atoms with E-state index < -0.39 is 0 Å². The van der Waals surface area contributed by atoms with Crippen LogP contribution in [0.15, 0.2) is 78.5 Å². The molecule has 2 aromatic carbocycles. The van der Waals surface area contributed by atoms with Crippen LogP contribution in [-0.2, 0) is 4.79 Å². The quantitative estimate of drug-likeness (QED) is 0.431. The van der Waals surface area contributed by atoms with Gasteiger partial charge in [0.15, 0.2) is 5.16 Å². The van der Waals surface area contributed by atoms with Crippen LogP contribution in [0.4, 0.5) is 5.69 Å². The number of hydrogen-bond acceptors (Lipinski definition) is 7. The molecule has 0 spiro atoms. The second kappa shape index (κ2) is 9.38. The molecule has 4 rings (SSSR count). The number of nitrogens with one attached hydrogen (secondary N) is 1. The van der Waals surface area contributed by atoms with Gasteiger partial charge in [0.05, 0.1) is 11.4 Å². The zero-order valence-electron chi connectivity index (χ0n) is 15.5. The second-order valence-electron chi connectivity index (χ2n) is 5.96. The summed E-state index contributed by atoms with van der Waals surface area (Å²) >= 11 is 7.33. The summed E-state index contributed by atoms with van der Waals surface area (Å²) in [7, 11) is 0. The molecule has 10 heteroatoms. The van der Waals surface area contributed by atoms with Gasteiger partial charge in [0.25, 0.3) is 0 Å². The van der Waals surface area contributed by atoms with Crippen molar-refractivity contribution in [1.29, 1.82) is 0 Å². The Kier molecular flexibility index (Phi) is 6.21. The molecule has 0 saturated heterocycles. The molecule has 0 aliphatic carbocycles. The van der Waals surface area contributed by atoms with Gasteiger partial charge in [-0.1, -0.05) is 29.4 Å². The average Bonchev–Trinajstić information content (AvgIpc) is 3.23. The number of carbonyl (C=O) groups is 1. The Morgan fingerprint density at radius 1 is 1.10 bits per heavy atom. The predicted molar refractivity (Wildman–Crippen MR) is 114 cm³/mol. The van der Waals surface area contributed by atoms with Gasteiger partial charge in [0.2, 0.25) is 5.91 Å². The Bertz CT molecular complexity index is 1140. The van der Waals surface area contributed by atoms with Gasteiger partial charge in [-0.05, 0) is 48.5 Å². The molecule has 4 aromatic rings. The molecule has 1 N–H and O–H groups in total. The lowest BCUT2D eigenvalue weighted by atomic mass is 10.3. The Morgan fingerprint density at radius 2 is 1.90 bits per heavy atom. The van der Waals surface area contributed by atoms with Gasteiger partial charge in [-0.3, -0.25) is 9.36 Å². The van der Waals surface area contributed by atoms with Gasteiger partial charge in [-0.25, -0.2) is 9.97 Å². The monoisotopic (exact) mass is 438 g/mol. The summed E-state index contributed by atoms with van der Waals surface area (Å²) in [4.78, 5) is 20.3. The van der Waals surface area contributed by atoms with Crippen LogP contribution >= 0.6 is 23.4 Å². The largest absolute Gasteiger partial charge is 0.424 e. The van der Waals surface area contributed by atoms with Gasteiger partial charge >= 0.3 is 6.01 Å². The molecular weight excluding hydrogens is 424 g/mol. The molecule has 150 valence electrons. The third-order valence-corrected chi connectivity index (χ3v) is 5.00. The van der Waals surface area contributed by atoms with Gasteiger partial charge in [0.1, 0.15) is 12.1 Å². The van der Waals surface area contributed by atoms with Gasteiger partial charge in [0, 0.05) is 23.1 Å². The van der Waals surface area contributed by atoms with Gasteiger partial charge < -0.3 is 10.1 Å². The molecular formula is C20H15ClN6O2S. The fraction of sp³-hybridized carbons (Fsp3) is 0.0500. The first-order valence-corrected chi connectivity index (χ1v) is 10.2. The molecule has 2 aromatic heterocycles. The minimum Gasteiger partial charge on any atom is -0.424 e. The van der Waals surface area contributed by atoms with E-state index in [1.165, 1.54) is 11.8 Å². The number of benzene rings is 2. The number of rotatable bonds is 7. The van der Waals surface area contributed by atoms with Crippen molar-refractivity contribution in [3.05, 3.63) is 78.3 Å². The number of nitrogens with zero attached hydrogens (tertiary/aromatic N) is 5. The summed E-state index contributed by atoms with van der Waals surface area (Å²) in [5.74, 6) is 0.582. The van der Waals surface area contributed by atoms with Crippen LogP contribution in [0.5, 0.6) is 11.8 Å². The number of carbonyl (C=O) groups excluding carboxylic acids is 1. The number of anilines is 1. The summed E-state index contributed by atoms with van der Waals surface area (Å²) in [6.45, 7) is 0. The third-order valence-electron chi connectivity index (χ3n) is 3.82. The topological polar surface area (TPSA) is 94.8 Å². The Morgan fingerprint density at radius 3 is 2.67 bits per heavy atom. The predicted octanol–water partition coefficient (Wildman–Crippen LogP) is 4.23. The van der Waals surface area contributed by atoms with E-state index in [0.717, 1.165) is 5.69 Å². The van der Waals surface area contributed by atoms with E-state index in [9.17, 15) is 4.79 Å². The Balaban J connectivity index is 1.33. The van der Waals surface area contributed by atoms with E-state index >= 15 is 0 Å². The second-order valence-corrected chi connectivity index (χ2v) is 7.34. The first kappa shape index (κ1) is 19.9. The summed E-state index contributed by atoms with van der Waals surface area (Å²) < 4.78 is 7.31. The van der Waals surface area contributed by atoms with Gasteiger partial charge in [-0.15, -0.1) is 10.2 Å². The number of amides is 1. The summed E-state index contributed by atoms with van der Waals surface area (Å²) in [6.07, 6.45) is 4.78. The number of aromatic nitrogens is 5. The highest BCUT2D eigenvalue weighted by Crippen LogP contribution is 2.23. The zero-order valence-corrected chi connectivity index (χ0v) is 17.0. The fourth-order valence-corrected chi connectivity index (χ4v) is 3.42. The van der Waals surface area contributed by atoms with Crippen molar-refractivity contribution in [3.8, 4) is 17.4 Å². The normalized spacial score (nSPS) is 10.6. The molecule has 0 bridgehead atoms. The van der Waals surface area contributed by atoms with Crippen LogP contribution < -0.4 is 10.1 Å². The van der Waals surface area contributed by atoms with Crippen molar-refractivity contribution >= 4 is 35.0 Å². The number of ether oxygens (including phenoxy) is 1. The lowest BCUT2D eigenvalue weighted by Gasteiger charge is -2.08. The molecule has 0 radical (unpaired) electrons. The lowest BCUT2D eigenvalue weighted by Crippen LogP contribution is -2.14. The van der Waals surface area contributed by atoms with E-state index in [0.29, 0.717) is 21.6 Å². The van der Waals surface area contributed by atoms with E-state index in [4.69, 9.17) is 16.3 Å². The van der Waals surface area contributed by atoms with E-state index in [1.54, 1.807) is 65.8 Å². The number of halogens is 1. The average molecular weight is 439 g/mol. The fourth-order valence-electron chi connectivity index (χ4n) is 2.50.